The summed E-state index contributed by atoms with van der Waals surface area (Å²) in [5.41, 5.74) is 1.62. The van der Waals surface area contributed by atoms with Crippen LogP contribution in [0.3, 0.4) is 0 Å². The molecule has 2 N–H and O–H groups in total. The van der Waals surface area contributed by atoms with Crippen molar-refractivity contribution < 1.29 is 14.4 Å². The van der Waals surface area contributed by atoms with Crippen molar-refractivity contribution >= 4 is 17.3 Å². The number of nitro benzene ring substituents is 1. The largest absolute Gasteiger partial charge is 0.493 e. The van der Waals surface area contributed by atoms with E-state index in [1.807, 2.05) is 25.1 Å². The molecule has 0 amide bonds. The van der Waals surface area contributed by atoms with Crippen molar-refractivity contribution in [1.82, 2.24) is 5.32 Å². The SMILES string of the molecule is CCOc1cc(NC(=NC)NCc2cccc([N+](=O)[O-])c2)ccc1OC. The van der Waals surface area contributed by atoms with Crippen molar-refractivity contribution in [2.24, 2.45) is 4.99 Å². The van der Waals surface area contributed by atoms with Gasteiger partial charge in [0.25, 0.3) is 5.69 Å². The molecule has 0 aliphatic carbocycles. The predicted molar refractivity (Wildman–Crippen MR) is 101 cm³/mol. The zero-order valence-electron chi connectivity index (χ0n) is 15.0. The molecule has 0 fully saturated rings. The molecule has 2 aromatic rings. The molecule has 0 saturated carbocycles. The molecular weight excluding hydrogens is 336 g/mol. The van der Waals surface area contributed by atoms with E-state index in [9.17, 15) is 10.1 Å². The molecule has 2 rings (SSSR count). The second kappa shape index (κ2) is 9.26. The van der Waals surface area contributed by atoms with Crippen LogP contribution in [0.5, 0.6) is 11.5 Å². The smallest absolute Gasteiger partial charge is 0.269 e. The van der Waals surface area contributed by atoms with E-state index in [1.165, 1.54) is 12.1 Å². The number of non-ortho nitro benzene ring substituents is 1. The second-order valence-corrected chi connectivity index (χ2v) is 5.28. The Hall–Kier alpha value is -3.29. The Bertz CT molecular complexity index is 793. The molecule has 138 valence electrons. The average molecular weight is 358 g/mol. The summed E-state index contributed by atoms with van der Waals surface area (Å²) >= 11 is 0. The number of benzene rings is 2. The Morgan fingerprint density at radius 1 is 1.23 bits per heavy atom. The zero-order chi connectivity index (χ0) is 18.9. The van der Waals surface area contributed by atoms with Crippen molar-refractivity contribution in [2.45, 2.75) is 13.5 Å². The minimum atomic E-state index is -0.414. The summed E-state index contributed by atoms with van der Waals surface area (Å²) in [6, 6.07) is 11.9. The van der Waals surface area contributed by atoms with Gasteiger partial charge >= 0.3 is 0 Å². The van der Waals surface area contributed by atoms with E-state index in [2.05, 4.69) is 15.6 Å². The van der Waals surface area contributed by atoms with Gasteiger partial charge in [0.1, 0.15) is 0 Å². The number of nitrogens with zero attached hydrogens (tertiary/aromatic N) is 2. The van der Waals surface area contributed by atoms with Crippen LogP contribution in [0.25, 0.3) is 0 Å². The van der Waals surface area contributed by atoms with Gasteiger partial charge in [0.15, 0.2) is 17.5 Å². The number of hydrogen-bond acceptors (Lipinski definition) is 5. The third kappa shape index (κ3) is 5.10. The van der Waals surface area contributed by atoms with Crippen LogP contribution >= 0.6 is 0 Å². The number of hydrogen-bond donors (Lipinski definition) is 2. The maximum absolute atomic E-state index is 10.9. The highest BCUT2D eigenvalue weighted by molar-refractivity contribution is 5.93. The quantitative estimate of drug-likeness (QED) is 0.341. The summed E-state index contributed by atoms with van der Waals surface area (Å²) in [4.78, 5) is 14.6. The standard InChI is InChI=1S/C18H22N4O4/c1-4-26-17-11-14(8-9-16(17)25-3)21-18(19-2)20-12-13-6-5-7-15(10-13)22(23)24/h5-11H,4,12H2,1-3H3,(H2,19,20,21). The lowest BCUT2D eigenvalue weighted by Crippen LogP contribution is -2.30. The summed E-state index contributed by atoms with van der Waals surface area (Å²) in [6.07, 6.45) is 0. The molecule has 0 heterocycles. The Kier molecular flexibility index (Phi) is 6.78. The predicted octanol–water partition coefficient (Wildman–Crippen LogP) is 3.19. The molecule has 0 aliphatic rings. The lowest BCUT2D eigenvalue weighted by molar-refractivity contribution is -0.384. The van der Waals surface area contributed by atoms with Gasteiger partial charge < -0.3 is 20.1 Å². The van der Waals surface area contributed by atoms with Gasteiger partial charge in [-0.2, -0.15) is 0 Å². The number of nitro groups is 1. The van der Waals surface area contributed by atoms with Crippen molar-refractivity contribution in [3.63, 3.8) is 0 Å². The lowest BCUT2D eigenvalue weighted by Gasteiger charge is -2.14. The summed E-state index contributed by atoms with van der Waals surface area (Å²) in [7, 11) is 3.24. The molecule has 0 unspecified atom stereocenters. The summed E-state index contributed by atoms with van der Waals surface area (Å²) in [5, 5.41) is 17.1. The van der Waals surface area contributed by atoms with Gasteiger partial charge in [-0.1, -0.05) is 12.1 Å². The number of guanidine groups is 1. The van der Waals surface area contributed by atoms with E-state index in [1.54, 1.807) is 26.3 Å². The molecule has 0 spiro atoms. The minimum Gasteiger partial charge on any atom is -0.493 e. The third-order valence-electron chi connectivity index (χ3n) is 3.53. The van der Waals surface area contributed by atoms with Crippen LogP contribution in [0.4, 0.5) is 11.4 Å². The van der Waals surface area contributed by atoms with Gasteiger partial charge in [0, 0.05) is 37.5 Å². The fraction of sp³-hybridized carbons (Fsp3) is 0.278. The zero-order valence-corrected chi connectivity index (χ0v) is 15.0. The van der Waals surface area contributed by atoms with Crippen molar-refractivity contribution in [1.29, 1.82) is 0 Å². The second-order valence-electron chi connectivity index (χ2n) is 5.28. The number of methoxy groups -OCH3 is 1. The Morgan fingerprint density at radius 3 is 2.69 bits per heavy atom. The highest BCUT2D eigenvalue weighted by Gasteiger charge is 2.08. The minimum absolute atomic E-state index is 0.0590. The molecule has 0 aliphatic heterocycles. The van der Waals surface area contributed by atoms with Crippen molar-refractivity contribution in [2.75, 3.05) is 26.1 Å². The Balaban J connectivity index is 2.05. The van der Waals surface area contributed by atoms with Crippen LogP contribution in [0.1, 0.15) is 12.5 Å². The topological polar surface area (TPSA) is 98.0 Å². The molecule has 0 atom stereocenters. The number of rotatable bonds is 7. The highest BCUT2D eigenvalue weighted by Crippen LogP contribution is 2.30. The van der Waals surface area contributed by atoms with Gasteiger partial charge in [0.2, 0.25) is 0 Å². The van der Waals surface area contributed by atoms with Crippen LogP contribution in [-0.2, 0) is 6.54 Å². The molecule has 0 saturated heterocycles. The maximum Gasteiger partial charge on any atom is 0.269 e. The van der Waals surface area contributed by atoms with Crippen molar-refractivity contribution in [3.05, 3.63) is 58.1 Å². The fourth-order valence-electron chi connectivity index (χ4n) is 2.30. The van der Waals surface area contributed by atoms with E-state index in [0.29, 0.717) is 30.6 Å². The number of nitrogens with one attached hydrogen (secondary N) is 2. The molecular formula is C18H22N4O4. The van der Waals surface area contributed by atoms with Crippen LogP contribution in [0.2, 0.25) is 0 Å². The van der Waals surface area contributed by atoms with Gasteiger partial charge in [0.05, 0.1) is 18.6 Å². The van der Waals surface area contributed by atoms with Crippen LogP contribution < -0.4 is 20.1 Å². The lowest BCUT2D eigenvalue weighted by atomic mass is 10.2. The number of aliphatic imine (C=N–C) groups is 1. The molecule has 0 aromatic heterocycles. The highest BCUT2D eigenvalue weighted by atomic mass is 16.6. The normalized spacial score (nSPS) is 11.0. The molecule has 0 radical (unpaired) electrons. The molecule has 0 bridgehead atoms. The van der Waals surface area contributed by atoms with E-state index in [4.69, 9.17) is 9.47 Å². The first-order valence-corrected chi connectivity index (χ1v) is 8.09. The first-order chi connectivity index (χ1) is 12.6. The summed E-state index contributed by atoms with van der Waals surface area (Å²) in [5.74, 6) is 1.82. The van der Waals surface area contributed by atoms with Crippen molar-refractivity contribution in [3.8, 4) is 11.5 Å². The molecule has 8 nitrogen and oxygen atoms in total. The van der Waals surface area contributed by atoms with E-state index in [0.717, 1.165) is 11.3 Å². The first-order valence-electron chi connectivity index (χ1n) is 8.09. The van der Waals surface area contributed by atoms with E-state index < -0.39 is 4.92 Å². The monoisotopic (exact) mass is 358 g/mol. The Morgan fingerprint density at radius 2 is 2.04 bits per heavy atom. The number of anilines is 1. The van der Waals surface area contributed by atoms with E-state index in [-0.39, 0.29) is 5.69 Å². The van der Waals surface area contributed by atoms with Gasteiger partial charge in [-0.3, -0.25) is 15.1 Å². The Labute approximate surface area is 152 Å². The molecule has 8 heteroatoms. The van der Waals surface area contributed by atoms with Gasteiger partial charge in [-0.15, -0.1) is 0 Å². The van der Waals surface area contributed by atoms with Crippen LogP contribution in [-0.4, -0.2) is 31.6 Å². The van der Waals surface area contributed by atoms with Crippen LogP contribution in [0, 0.1) is 10.1 Å². The molecule has 2 aromatic carbocycles. The summed E-state index contributed by atoms with van der Waals surface area (Å²) in [6.45, 7) is 2.83. The molecule has 26 heavy (non-hydrogen) atoms. The van der Waals surface area contributed by atoms with E-state index >= 15 is 0 Å². The van der Waals surface area contributed by atoms with Crippen LogP contribution in [0.15, 0.2) is 47.5 Å². The number of ether oxygens (including phenoxy) is 2. The van der Waals surface area contributed by atoms with Gasteiger partial charge in [-0.05, 0) is 24.6 Å². The maximum atomic E-state index is 10.9. The van der Waals surface area contributed by atoms with Gasteiger partial charge in [-0.25, -0.2) is 0 Å². The average Bonchev–Trinajstić information content (AvgIpc) is 2.65. The summed E-state index contributed by atoms with van der Waals surface area (Å²) < 4.78 is 10.8. The third-order valence-corrected chi connectivity index (χ3v) is 3.53. The first kappa shape index (κ1) is 19.0. The fourth-order valence-corrected chi connectivity index (χ4v) is 2.30.